The average Bonchev–Trinajstić information content (AvgIpc) is 3.48. The van der Waals surface area contributed by atoms with E-state index in [0.29, 0.717) is 23.2 Å². The van der Waals surface area contributed by atoms with Crippen molar-refractivity contribution >= 4 is 40.6 Å². The van der Waals surface area contributed by atoms with Crippen molar-refractivity contribution in [2.45, 2.75) is 0 Å². The number of rotatable bonds is 3. The molecule has 2 aromatic carbocycles. The third-order valence-electron chi connectivity index (χ3n) is 5.39. The molecule has 3 aliphatic rings. The van der Waals surface area contributed by atoms with Crippen LogP contribution in [0.1, 0.15) is 11.3 Å². The van der Waals surface area contributed by atoms with Crippen LogP contribution < -0.4 is 21.0 Å². The third-order valence-corrected chi connectivity index (χ3v) is 5.69. The molecular weight excluding hydrogens is 426 g/mol. The molecule has 4 heterocycles. The minimum Gasteiger partial charge on any atom is -0.497 e. The number of hydrogen-bond donors (Lipinski definition) is 2. The van der Waals surface area contributed by atoms with Crippen LogP contribution in [0.3, 0.4) is 0 Å². The number of nitrogens with one attached hydrogen (secondary N) is 2. The second-order valence-electron chi connectivity index (χ2n) is 7.25. The summed E-state index contributed by atoms with van der Waals surface area (Å²) in [6, 6.07) is 16.9. The van der Waals surface area contributed by atoms with Crippen LogP contribution in [0.5, 0.6) is 5.75 Å². The maximum absolute atomic E-state index is 13.5. The predicted octanol–water partition coefficient (Wildman–Crippen LogP) is 1.79. The summed E-state index contributed by atoms with van der Waals surface area (Å²) in [6.45, 7) is 0. The summed E-state index contributed by atoms with van der Waals surface area (Å²) in [5.41, 5.74) is 1.85. The van der Waals surface area contributed by atoms with Crippen LogP contribution in [0.2, 0.25) is 0 Å². The number of thiocarbonyl (C=S) groups is 1. The lowest BCUT2D eigenvalue weighted by atomic mass is 10.2. The van der Waals surface area contributed by atoms with E-state index in [1.165, 1.54) is 4.68 Å². The van der Waals surface area contributed by atoms with E-state index < -0.39 is 0 Å². The van der Waals surface area contributed by atoms with Crippen molar-refractivity contribution in [3.63, 3.8) is 0 Å². The molecule has 1 aromatic heterocycles. The van der Waals surface area contributed by atoms with Crippen molar-refractivity contribution < 1.29 is 4.74 Å². The van der Waals surface area contributed by atoms with Gasteiger partial charge in [0, 0.05) is 0 Å². The van der Waals surface area contributed by atoms with Gasteiger partial charge in [-0.1, -0.05) is 42.5 Å². The standard InChI is InChI=1S/C22H15N7O2S/c1-31-14-9-7-12(8-10-14)11-15-20(30)29-21(24-15)27(13-5-3-2-4-6-13)22-26-18-17(28(22)29)16(23)19(32)25-18/h2-11H,1H3,(H2,23,25,32)/b15-11+. The summed E-state index contributed by atoms with van der Waals surface area (Å²) in [7, 11) is 1.60. The van der Waals surface area contributed by atoms with Gasteiger partial charge in [0.15, 0.2) is 5.82 Å². The Morgan fingerprint density at radius 3 is 2.56 bits per heavy atom. The Kier molecular flexibility index (Phi) is 3.80. The summed E-state index contributed by atoms with van der Waals surface area (Å²) in [4.78, 5) is 23.0. The highest BCUT2D eigenvalue weighted by atomic mass is 32.1. The van der Waals surface area contributed by atoms with Gasteiger partial charge >= 0.3 is 0 Å². The molecule has 0 amide bonds. The van der Waals surface area contributed by atoms with Crippen molar-refractivity contribution in [3.05, 3.63) is 81.6 Å². The van der Waals surface area contributed by atoms with Crippen molar-refractivity contribution in [1.82, 2.24) is 23.7 Å². The van der Waals surface area contributed by atoms with Gasteiger partial charge in [0.25, 0.3) is 5.56 Å². The highest BCUT2D eigenvalue weighted by Crippen LogP contribution is 2.29. The van der Waals surface area contributed by atoms with Gasteiger partial charge < -0.3 is 10.1 Å². The fraction of sp³-hybridized carbons (Fsp3) is 0.0455. The fourth-order valence-corrected chi connectivity index (χ4v) is 4.09. The second-order valence-corrected chi connectivity index (χ2v) is 7.66. The summed E-state index contributed by atoms with van der Waals surface area (Å²) >= 11 is 5.22. The molecule has 3 aromatic rings. The lowest BCUT2D eigenvalue weighted by Gasteiger charge is -2.03. The maximum atomic E-state index is 13.5. The van der Waals surface area contributed by atoms with Crippen LogP contribution in [-0.2, 0) is 0 Å². The first-order valence-corrected chi connectivity index (χ1v) is 10.1. The normalized spacial score (nSPS) is 13.8. The monoisotopic (exact) mass is 441 g/mol. The molecule has 0 unspecified atom stereocenters. The lowest BCUT2D eigenvalue weighted by molar-refractivity contribution is 0.415. The molecule has 2 N–H and O–H groups in total. The van der Waals surface area contributed by atoms with E-state index in [9.17, 15) is 4.79 Å². The van der Waals surface area contributed by atoms with Crippen molar-refractivity contribution in [1.29, 1.82) is 5.41 Å². The largest absolute Gasteiger partial charge is 0.497 e. The Hall–Kier alpha value is -4.31. The van der Waals surface area contributed by atoms with Gasteiger partial charge in [-0.2, -0.15) is 9.67 Å². The second kappa shape index (κ2) is 6.59. The number of methoxy groups -OCH3 is 1. The molecule has 0 aliphatic carbocycles. The van der Waals surface area contributed by atoms with Crippen LogP contribution in [0, 0.1) is 5.41 Å². The molecule has 0 bridgehead atoms. The zero-order valence-corrected chi connectivity index (χ0v) is 17.6. The Morgan fingerprint density at radius 1 is 1.09 bits per heavy atom. The number of para-hydroxylation sites is 1. The molecule has 10 heteroatoms. The number of benzene rings is 2. The van der Waals surface area contributed by atoms with E-state index in [1.807, 2.05) is 54.6 Å². The van der Waals surface area contributed by atoms with Crippen LogP contribution in [-0.4, -0.2) is 41.5 Å². The quantitative estimate of drug-likeness (QED) is 0.414. The minimum atomic E-state index is -0.318. The van der Waals surface area contributed by atoms with Crippen molar-refractivity contribution in [2.75, 3.05) is 12.4 Å². The molecule has 0 spiro atoms. The van der Waals surface area contributed by atoms with E-state index in [0.717, 1.165) is 17.0 Å². The molecule has 9 nitrogen and oxygen atoms in total. The van der Waals surface area contributed by atoms with Gasteiger partial charge in [0.05, 0.1) is 12.8 Å². The fourth-order valence-electron chi connectivity index (χ4n) is 3.90. The van der Waals surface area contributed by atoms with Crippen LogP contribution in [0.25, 0.3) is 23.5 Å². The topological polar surface area (TPSA) is 102 Å². The number of aromatic nitrogens is 5. The number of anilines is 1. The Morgan fingerprint density at radius 2 is 1.84 bits per heavy atom. The van der Waals surface area contributed by atoms with Crippen molar-refractivity contribution in [2.24, 2.45) is 0 Å². The van der Waals surface area contributed by atoms with Gasteiger partial charge in [0.2, 0.25) is 11.7 Å². The molecule has 156 valence electrons. The molecule has 6 rings (SSSR count). The molecular formula is C22H15N7O2S. The van der Waals surface area contributed by atoms with Gasteiger partial charge in [-0.05, 0) is 35.9 Å². The van der Waals surface area contributed by atoms with Gasteiger partial charge in [-0.3, -0.25) is 10.2 Å². The number of fused-ring (bicyclic) bond motifs is 5. The molecule has 0 radical (unpaired) electrons. The van der Waals surface area contributed by atoms with Gasteiger partial charge in [-0.15, -0.1) is 0 Å². The highest BCUT2D eigenvalue weighted by Gasteiger charge is 2.34. The van der Waals surface area contributed by atoms with Crippen LogP contribution in [0.4, 0.5) is 5.82 Å². The van der Waals surface area contributed by atoms with E-state index >= 15 is 0 Å². The Balaban J connectivity index is 1.69. The zero-order valence-electron chi connectivity index (χ0n) is 16.7. The number of nitrogens with zero attached hydrogens (tertiary/aromatic N) is 5. The van der Waals surface area contributed by atoms with E-state index in [-0.39, 0.29) is 21.6 Å². The summed E-state index contributed by atoms with van der Waals surface area (Å²) in [5, 5.41) is 11.6. The lowest BCUT2D eigenvalue weighted by Crippen LogP contribution is -2.29. The smallest absolute Gasteiger partial charge is 0.298 e. The van der Waals surface area contributed by atoms with Crippen molar-refractivity contribution in [3.8, 4) is 17.4 Å². The molecule has 0 fully saturated rings. The molecule has 3 aliphatic heterocycles. The van der Waals surface area contributed by atoms with E-state index in [1.54, 1.807) is 22.3 Å². The van der Waals surface area contributed by atoms with E-state index in [2.05, 4.69) is 15.3 Å². The van der Waals surface area contributed by atoms with Crippen LogP contribution in [0.15, 0.2) is 59.4 Å². The summed E-state index contributed by atoms with van der Waals surface area (Å²) < 4.78 is 10.0. The Labute approximate surface area is 186 Å². The number of imidazole rings is 2. The highest BCUT2D eigenvalue weighted by molar-refractivity contribution is 7.82. The number of hydrogen-bond acceptors (Lipinski definition) is 6. The van der Waals surface area contributed by atoms with Gasteiger partial charge in [-0.25, -0.2) is 14.1 Å². The molecule has 32 heavy (non-hydrogen) atoms. The third kappa shape index (κ3) is 2.47. The first-order valence-electron chi connectivity index (χ1n) is 9.74. The van der Waals surface area contributed by atoms with Crippen LogP contribution >= 0.6 is 12.2 Å². The molecule has 0 atom stereocenters. The van der Waals surface area contributed by atoms with Gasteiger partial charge in [0.1, 0.15) is 27.5 Å². The first kappa shape index (κ1) is 18.5. The Bertz CT molecular complexity index is 1630. The zero-order chi connectivity index (χ0) is 22.0. The SMILES string of the molecule is COc1ccc(/C=c2/nc3n(-c4ccccc4)c4nc5c(n4n-3c2=O)C(=N)C(=S)N5)cc1. The summed E-state index contributed by atoms with van der Waals surface area (Å²) in [6.07, 6.45) is 1.72. The maximum Gasteiger partial charge on any atom is 0.298 e. The molecule has 0 saturated heterocycles. The summed E-state index contributed by atoms with van der Waals surface area (Å²) in [5.74, 6) is 2.05. The average molecular weight is 441 g/mol. The predicted molar refractivity (Wildman–Crippen MR) is 124 cm³/mol. The van der Waals surface area contributed by atoms with E-state index in [4.69, 9.17) is 22.4 Å². The number of ether oxygens (including phenoxy) is 1. The minimum absolute atomic E-state index is 0.114. The first-order chi connectivity index (χ1) is 15.6. The molecule has 0 saturated carbocycles.